The topological polar surface area (TPSA) is 308 Å². The summed E-state index contributed by atoms with van der Waals surface area (Å²) in [6, 6.07) is -14.7. The van der Waals surface area contributed by atoms with E-state index in [9.17, 15) is 38.7 Å². The molecule has 0 unspecified atom stereocenters. The van der Waals surface area contributed by atoms with Gasteiger partial charge in [0.05, 0.1) is 25.2 Å². The van der Waals surface area contributed by atoms with Crippen molar-refractivity contribution in [2.45, 2.75) is 222 Å². The number of nitrogens with zero attached hydrogens (tertiary/aromatic N) is 8. The minimum absolute atomic E-state index is 0.0422. The molecule has 2 saturated heterocycles. The fraction of sp³-hybridized carbons (Fsp3) is 0.788. The average Bonchev–Trinajstić information content (AvgIpc) is 0.885. The maximum atomic E-state index is 15.3. The molecule has 524 valence electrons. The number of morpholine rings is 1. The van der Waals surface area contributed by atoms with Crippen molar-refractivity contribution in [1.82, 2.24) is 60.5 Å². The molecule has 26 heteroatoms. The first-order valence-corrected chi connectivity index (χ1v) is 32.9. The number of likely N-dealkylation sites (N-methyl/N-ethyl adjacent to an activating group) is 7. The molecule has 2 aliphatic heterocycles. The van der Waals surface area contributed by atoms with Crippen molar-refractivity contribution in [3.8, 4) is 0 Å². The van der Waals surface area contributed by atoms with E-state index in [2.05, 4.69) is 21.3 Å². The quantitative estimate of drug-likeness (QED) is 0.147. The summed E-state index contributed by atoms with van der Waals surface area (Å²) in [5.74, 6) is -12.4. The molecule has 2 aliphatic rings. The number of aliphatic hydroxyl groups excluding tert-OH is 1. The van der Waals surface area contributed by atoms with Gasteiger partial charge in [0.2, 0.25) is 70.9 Å². The maximum absolute atomic E-state index is 15.3. The van der Waals surface area contributed by atoms with Gasteiger partial charge in [-0.05, 0) is 95.3 Å². The van der Waals surface area contributed by atoms with E-state index >= 15 is 24.0 Å². The molecule has 0 aromatic rings. The summed E-state index contributed by atoms with van der Waals surface area (Å²) in [7, 11) is 9.67. The predicted octanol–water partition coefficient (Wildman–Crippen LogP) is 2.11. The van der Waals surface area contributed by atoms with Crippen LogP contribution in [-0.2, 0) is 62.3 Å². The van der Waals surface area contributed by atoms with Gasteiger partial charge in [-0.2, -0.15) is 0 Å². The Kier molecular flexibility index (Phi) is 32.4. The Morgan fingerprint density at radius 1 is 0.500 bits per heavy atom. The third-order valence-corrected chi connectivity index (χ3v) is 18.0. The van der Waals surface area contributed by atoms with Crippen LogP contribution >= 0.6 is 0 Å². The highest BCUT2D eigenvalue weighted by molar-refractivity contribution is 6.01. The van der Waals surface area contributed by atoms with Crippen molar-refractivity contribution in [2.75, 3.05) is 75.6 Å². The van der Waals surface area contributed by atoms with Gasteiger partial charge < -0.3 is 70.3 Å². The Bertz CT molecular complexity index is 2590. The normalized spacial score (nSPS) is 27.8. The van der Waals surface area contributed by atoms with E-state index in [4.69, 9.17) is 4.74 Å². The Balaban J connectivity index is 3.07. The zero-order valence-corrected chi connectivity index (χ0v) is 59.8. The molecule has 5 N–H and O–H groups in total. The van der Waals surface area contributed by atoms with Crippen LogP contribution < -0.4 is 21.3 Å². The molecule has 2 fully saturated rings. The lowest BCUT2D eigenvalue weighted by molar-refractivity contribution is -0.157. The number of amides is 12. The SMILES string of the molecule is C/C=C/C[C@@H](C)[C@@H](O)[C@H]1C(=O)N[C@@H](CC)C(=O)N(C)[C@H](C)C(=O)N(C)[C@@H]([C@H](C)C(=O)N2CCOCC2)C(=O)N[C@@H](C(C)C)C(=O)N(C)[C@@H](CC(C)C)C(=O)N[C@@H](C)C(=O)N[C@H](C)C(=O)N(C)[C@@H](CC(C)C)C(=O)N(C)[C@@H](CC(C)C)C(=O)N(C)[C@@H](C(C)C)C(=O)N1C. The molecule has 26 nitrogen and oxygen atoms in total. The van der Waals surface area contributed by atoms with Crippen LogP contribution in [0.15, 0.2) is 12.2 Å². The minimum atomic E-state index is -1.66. The molecule has 14 atom stereocenters. The number of nitrogens with one attached hydrogen (secondary N) is 4. The molecule has 0 aromatic carbocycles. The summed E-state index contributed by atoms with van der Waals surface area (Å²) in [5.41, 5.74) is 0. The van der Waals surface area contributed by atoms with Gasteiger partial charge in [0.25, 0.3) is 0 Å². The fourth-order valence-corrected chi connectivity index (χ4v) is 11.9. The van der Waals surface area contributed by atoms with Gasteiger partial charge in [-0.1, -0.05) is 102 Å². The molecule has 0 aromatic heterocycles. The third-order valence-electron chi connectivity index (χ3n) is 18.0. The Morgan fingerprint density at radius 2 is 0.946 bits per heavy atom. The van der Waals surface area contributed by atoms with Gasteiger partial charge in [-0.25, -0.2) is 0 Å². The molecule has 0 spiro atoms. The van der Waals surface area contributed by atoms with Crippen molar-refractivity contribution < 1.29 is 67.4 Å². The number of allylic oxidation sites excluding steroid dienone is 2. The molecule has 2 rings (SSSR count). The maximum Gasteiger partial charge on any atom is 0.246 e. The second-order valence-electron chi connectivity index (χ2n) is 27.5. The summed E-state index contributed by atoms with van der Waals surface area (Å²) in [6.07, 6.45) is 2.62. The van der Waals surface area contributed by atoms with E-state index in [-0.39, 0.29) is 76.2 Å². The molecule has 0 bridgehead atoms. The van der Waals surface area contributed by atoms with Crippen LogP contribution in [0.5, 0.6) is 0 Å². The van der Waals surface area contributed by atoms with Crippen molar-refractivity contribution in [3.05, 3.63) is 12.2 Å². The second-order valence-corrected chi connectivity index (χ2v) is 27.5. The molecule has 0 saturated carbocycles. The highest BCUT2D eigenvalue weighted by atomic mass is 16.5. The van der Waals surface area contributed by atoms with Crippen LogP contribution in [0, 0.1) is 41.4 Å². The van der Waals surface area contributed by atoms with Crippen LogP contribution in [0.2, 0.25) is 0 Å². The van der Waals surface area contributed by atoms with E-state index < -0.39 is 167 Å². The molecule has 0 radical (unpaired) electrons. The average molecular weight is 1300 g/mol. The molecule has 12 amide bonds. The van der Waals surface area contributed by atoms with Gasteiger partial charge in [0.1, 0.15) is 66.5 Å². The van der Waals surface area contributed by atoms with E-state index in [0.29, 0.717) is 0 Å². The summed E-state index contributed by atoms with van der Waals surface area (Å²) in [4.78, 5) is 187. The number of hydrogen-bond acceptors (Lipinski definition) is 14. The van der Waals surface area contributed by atoms with E-state index in [0.717, 1.165) is 14.7 Å². The molecule has 2 heterocycles. The largest absolute Gasteiger partial charge is 0.390 e. The summed E-state index contributed by atoms with van der Waals surface area (Å²) < 4.78 is 5.49. The lowest BCUT2D eigenvalue weighted by Gasteiger charge is -2.41. The van der Waals surface area contributed by atoms with E-state index in [1.807, 2.05) is 41.5 Å². The highest BCUT2D eigenvalue weighted by Gasteiger charge is 2.47. The standard InChI is InChI=1S/C66H116N12O14/c1-25-27-28-41(13)54(79)53-58(83)69-46(26-2)62(87)71(18)45(17)61(86)76(23)52(42(14)59(84)78-29-31-92-32-30-78)57(82)70-50(39(9)10)65(90)72(19)47(33-36(3)4)56(81)67-43(15)55(80)68-44(16)60(85)73(20)48(34-37(5)6)63(88)74(21)49(35-38(7)8)64(89)75(22)51(40(11)12)66(91)77(53)24/h25,27,36-54,79H,26,28-35H2,1-24H3,(H,67,81)(H,68,80)(H,69,83)(H,70,82)/b27-25+/t41-,42+,43+,44-,45-,46+,47+,48+,49+,50+,51+,52+,53+,54-/m1/s1. The minimum Gasteiger partial charge on any atom is -0.390 e. The summed E-state index contributed by atoms with van der Waals surface area (Å²) in [6.45, 7) is 29.6. The van der Waals surface area contributed by atoms with Crippen LogP contribution in [0.3, 0.4) is 0 Å². The van der Waals surface area contributed by atoms with Gasteiger partial charge in [0.15, 0.2) is 0 Å². The van der Waals surface area contributed by atoms with Crippen molar-refractivity contribution in [2.24, 2.45) is 41.4 Å². The first-order valence-electron chi connectivity index (χ1n) is 32.9. The number of aliphatic hydroxyl groups is 1. The van der Waals surface area contributed by atoms with Crippen molar-refractivity contribution >= 4 is 70.9 Å². The number of rotatable bonds is 15. The molecular formula is C66H116N12O14. The first-order chi connectivity index (χ1) is 42.6. The van der Waals surface area contributed by atoms with Crippen molar-refractivity contribution in [1.29, 1.82) is 0 Å². The molecular weight excluding hydrogens is 1180 g/mol. The first kappa shape index (κ1) is 81.4. The van der Waals surface area contributed by atoms with Gasteiger partial charge in [0, 0.05) is 62.4 Å². The highest BCUT2D eigenvalue weighted by Crippen LogP contribution is 2.26. The van der Waals surface area contributed by atoms with Gasteiger partial charge in [-0.15, -0.1) is 0 Å². The zero-order valence-electron chi connectivity index (χ0n) is 59.8. The second kappa shape index (κ2) is 36.7. The van der Waals surface area contributed by atoms with Crippen molar-refractivity contribution in [3.63, 3.8) is 0 Å². The lowest BCUT2D eigenvalue weighted by Crippen LogP contribution is -2.64. The predicted molar refractivity (Wildman–Crippen MR) is 350 cm³/mol. The van der Waals surface area contributed by atoms with E-state index in [1.165, 1.54) is 102 Å². The van der Waals surface area contributed by atoms with E-state index in [1.54, 1.807) is 60.6 Å². The summed E-state index contributed by atoms with van der Waals surface area (Å²) in [5, 5.41) is 23.1. The molecule has 0 aliphatic carbocycles. The fourth-order valence-electron chi connectivity index (χ4n) is 11.9. The Labute approximate surface area is 548 Å². The number of hydrogen-bond donors (Lipinski definition) is 5. The number of ether oxygens (including phenoxy) is 1. The van der Waals surface area contributed by atoms with Crippen LogP contribution in [0.25, 0.3) is 0 Å². The Morgan fingerprint density at radius 3 is 1.42 bits per heavy atom. The lowest BCUT2D eigenvalue weighted by atomic mass is 9.91. The zero-order chi connectivity index (χ0) is 70.8. The van der Waals surface area contributed by atoms with Crippen LogP contribution in [0.1, 0.15) is 150 Å². The number of carbonyl (C=O) groups is 12. The van der Waals surface area contributed by atoms with Gasteiger partial charge >= 0.3 is 0 Å². The number of carbonyl (C=O) groups excluding carboxylic acids is 12. The van der Waals surface area contributed by atoms with Crippen LogP contribution in [-0.4, -0.2) is 263 Å². The third kappa shape index (κ3) is 21.2. The Hall–Kier alpha value is -6.70. The smallest absolute Gasteiger partial charge is 0.246 e. The van der Waals surface area contributed by atoms with Crippen LogP contribution in [0.4, 0.5) is 0 Å². The van der Waals surface area contributed by atoms with Gasteiger partial charge in [-0.3, -0.25) is 57.5 Å². The molecule has 92 heavy (non-hydrogen) atoms. The summed E-state index contributed by atoms with van der Waals surface area (Å²) >= 11 is 0. The monoisotopic (exact) mass is 1300 g/mol.